The molecule has 2 atom stereocenters. The number of para-hydroxylation sites is 1. The third-order valence-corrected chi connectivity index (χ3v) is 6.66. The van der Waals surface area contributed by atoms with Gasteiger partial charge in [-0.05, 0) is 49.7 Å². The molecule has 41 heavy (non-hydrogen) atoms. The maximum absolute atomic E-state index is 13.6. The molecule has 0 radical (unpaired) electrons. The normalized spacial score (nSPS) is 17.1. The van der Waals surface area contributed by atoms with Crippen molar-refractivity contribution in [3.05, 3.63) is 71.3 Å². The van der Waals surface area contributed by atoms with Crippen molar-refractivity contribution in [3.8, 4) is 28.5 Å². The number of carbonyl (C=O) groups is 3. The SMILES string of the molecule is CCOc1ccccc1C(=O)c1cccc2nc3c4c(c(CNCC(C)C)cc3c-2c1)OC(=O)C(O)C(O)C(=O)O4. The van der Waals surface area contributed by atoms with Crippen molar-refractivity contribution in [1.29, 1.82) is 0 Å². The third kappa shape index (κ3) is 5.49. The summed E-state index contributed by atoms with van der Waals surface area (Å²) in [5.74, 6) is -2.08. The van der Waals surface area contributed by atoms with Gasteiger partial charge in [0.2, 0.25) is 0 Å². The average molecular weight is 559 g/mol. The van der Waals surface area contributed by atoms with Gasteiger partial charge in [-0.3, -0.25) is 4.79 Å². The van der Waals surface area contributed by atoms with Gasteiger partial charge in [0.1, 0.15) is 11.3 Å². The largest absolute Gasteiger partial charge is 0.493 e. The zero-order valence-corrected chi connectivity index (χ0v) is 22.8. The Kier molecular flexibility index (Phi) is 7.98. The molecule has 0 fully saturated rings. The van der Waals surface area contributed by atoms with Crippen LogP contribution >= 0.6 is 0 Å². The lowest BCUT2D eigenvalue weighted by Gasteiger charge is -2.23. The van der Waals surface area contributed by atoms with Crippen LogP contribution in [0.1, 0.15) is 42.3 Å². The Morgan fingerprint density at radius 1 is 1.00 bits per heavy atom. The molecule has 10 nitrogen and oxygen atoms in total. The van der Waals surface area contributed by atoms with Crippen LogP contribution in [0, 0.1) is 5.92 Å². The monoisotopic (exact) mass is 558 g/mol. The van der Waals surface area contributed by atoms with E-state index < -0.39 is 24.1 Å². The Balaban J connectivity index is 1.71. The molecule has 0 spiro atoms. The second-order valence-electron chi connectivity index (χ2n) is 10.1. The Bertz CT molecular complexity index is 1620. The Morgan fingerprint density at radius 3 is 2.41 bits per heavy atom. The van der Waals surface area contributed by atoms with E-state index in [2.05, 4.69) is 10.3 Å². The summed E-state index contributed by atoms with van der Waals surface area (Å²) >= 11 is 0. The average Bonchev–Trinajstić information content (AvgIpc) is 3.14. The van der Waals surface area contributed by atoms with E-state index in [1.54, 1.807) is 54.6 Å². The first-order valence-corrected chi connectivity index (χ1v) is 13.4. The molecule has 1 aliphatic carbocycles. The number of nitrogens with zero attached hydrogens (tertiary/aromatic N) is 1. The van der Waals surface area contributed by atoms with Crippen LogP contribution in [0.15, 0.2) is 54.6 Å². The van der Waals surface area contributed by atoms with Gasteiger partial charge in [0.15, 0.2) is 29.5 Å². The fraction of sp³-hybridized carbons (Fsp3) is 0.290. The van der Waals surface area contributed by atoms with E-state index in [1.165, 1.54) is 0 Å². The summed E-state index contributed by atoms with van der Waals surface area (Å²) in [7, 11) is 0. The predicted octanol–water partition coefficient (Wildman–Crippen LogP) is 3.26. The molecule has 2 aromatic carbocycles. The first-order chi connectivity index (χ1) is 19.7. The van der Waals surface area contributed by atoms with Gasteiger partial charge in [-0.15, -0.1) is 0 Å². The van der Waals surface area contributed by atoms with Gasteiger partial charge in [0.25, 0.3) is 0 Å². The molecule has 10 heteroatoms. The smallest absolute Gasteiger partial charge is 0.343 e. The first kappa shape index (κ1) is 28.2. The highest BCUT2D eigenvalue weighted by molar-refractivity contribution is 6.12. The van der Waals surface area contributed by atoms with Crippen molar-refractivity contribution < 1.29 is 38.8 Å². The second-order valence-corrected chi connectivity index (χ2v) is 10.1. The molecule has 3 N–H and O–H groups in total. The molecule has 0 amide bonds. The number of aromatic nitrogens is 1. The van der Waals surface area contributed by atoms with E-state index in [4.69, 9.17) is 14.2 Å². The van der Waals surface area contributed by atoms with Crippen molar-refractivity contribution in [1.82, 2.24) is 10.3 Å². The molecule has 5 rings (SSSR count). The van der Waals surface area contributed by atoms with Gasteiger partial charge in [-0.1, -0.05) is 38.1 Å². The molecular formula is C31H30N2O8. The van der Waals surface area contributed by atoms with Crippen LogP contribution in [0.5, 0.6) is 17.2 Å². The number of ketones is 1. The molecule has 0 aromatic heterocycles. The fourth-order valence-corrected chi connectivity index (χ4v) is 4.69. The Labute approximate surface area is 236 Å². The van der Waals surface area contributed by atoms with E-state index in [9.17, 15) is 24.6 Å². The van der Waals surface area contributed by atoms with E-state index in [1.807, 2.05) is 20.8 Å². The molecule has 2 unspecified atom stereocenters. The predicted molar refractivity (Wildman–Crippen MR) is 149 cm³/mol. The summed E-state index contributed by atoms with van der Waals surface area (Å²) in [4.78, 5) is 43.5. The lowest BCUT2D eigenvalue weighted by atomic mass is 10.0. The number of ether oxygens (including phenoxy) is 3. The number of fused-ring (bicyclic) bond motifs is 5. The van der Waals surface area contributed by atoms with Gasteiger partial charge in [-0.25, -0.2) is 14.6 Å². The molecule has 3 aliphatic rings. The van der Waals surface area contributed by atoms with Gasteiger partial charge >= 0.3 is 11.9 Å². The third-order valence-electron chi connectivity index (χ3n) is 6.66. The molecule has 0 bridgehead atoms. The Hall–Kier alpha value is -4.38. The van der Waals surface area contributed by atoms with Crippen LogP contribution in [-0.4, -0.2) is 58.3 Å². The summed E-state index contributed by atoms with van der Waals surface area (Å²) < 4.78 is 16.6. The minimum Gasteiger partial charge on any atom is -0.493 e. The number of rotatable bonds is 8. The Morgan fingerprint density at radius 2 is 1.71 bits per heavy atom. The number of aliphatic hydroxyl groups is 2. The maximum atomic E-state index is 13.6. The lowest BCUT2D eigenvalue weighted by Crippen LogP contribution is -2.45. The van der Waals surface area contributed by atoms with Gasteiger partial charge in [0, 0.05) is 28.6 Å². The highest BCUT2D eigenvalue weighted by Crippen LogP contribution is 2.45. The van der Waals surface area contributed by atoms with Crippen LogP contribution in [0.25, 0.3) is 22.2 Å². The molecule has 0 saturated carbocycles. The highest BCUT2D eigenvalue weighted by Gasteiger charge is 2.39. The number of hydrogen-bond donors (Lipinski definition) is 3. The quantitative estimate of drug-likeness (QED) is 0.167. The van der Waals surface area contributed by atoms with Crippen LogP contribution in [0.4, 0.5) is 0 Å². The van der Waals surface area contributed by atoms with Crippen LogP contribution in [-0.2, 0) is 16.1 Å². The van der Waals surface area contributed by atoms with Gasteiger partial charge in [-0.2, -0.15) is 0 Å². The maximum Gasteiger partial charge on any atom is 0.343 e. The molecule has 0 saturated heterocycles. The zero-order chi connectivity index (χ0) is 29.3. The molecule has 2 aliphatic heterocycles. The minimum atomic E-state index is -2.13. The summed E-state index contributed by atoms with van der Waals surface area (Å²) in [5, 5.41) is 24.0. The number of aliphatic hydroxyl groups excluding tert-OH is 2. The highest BCUT2D eigenvalue weighted by atomic mass is 16.6. The first-order valence-electron chi connectivity index (χ1n) is 13.4. The van der Waals surface area contributed by atoms with Crippen molar-refractivity contribution in [3.63, 3.8) is 0 Å². The summed E-state index contributed by atoms with van der Waals surface area (Å²) in [5.41, 5.74) is 2.56. The fourth-order valence-electron chi connectivity index (χ4n) is 4.69. The number of nitrogens with one attached hydrogen (secondary N) is 1. The van der Waals surface area contributed by atoms with E-state index >= 15 is 0 Å². The van der Waals surface area contributed by atoms with Gasteiger partial charge in [0.05, 0.1) is 17.9 Å². The van der Waals surface area contributed by atoms with Crippen molar-refractivity contribution in [2.45, 2.75) is 39.5 Å². The number of esters is 2. The number of carbonyl (C=O) groups excluding carboxylic acids is 3. The molecule has 2 aromatic rings. The minimum absolute atomic E-state index is 0.0767. The summed E-state index contributed by atoms with van der Waals surface area (Å²) in [6, 6.07) is 15.6. The van der Waals surface area contributed by atoms with Crippen LogP contribution < -0.4 is 19.5 Å². The van der Waals surface area contributed by atoms with Gasteiger partial charge < -0.3 is 29.7 Å². The second kappa shape index (κ2) is 11.6. The lowest BCUT2D eigenvalue weighted by molar-refractivity contribution is -0.164. The number of hydrogen-bond acceptors (Lipinski definition) is 10. The molecular weight excluding hydrogens is 528 g/mol. The molecule has 212 valence electrons. The topological polar surface area (TPSA) is 144 Å². The number of benzene rings is 2. The summed E-state index contributed by atoms with van der Waals surface area (Å²) in [6.07, 6.45) is -4.24. The molecule has 2 heterocycles. The van der Waals surface area contributed by atoms with Crippen LogP contribution in [0.2, 0.25) is 0 Å². The van der Waals surface area contributed by atoms with Crippen LogP contribution in [0.3, 0.4) is 0 Å². The van der Waals surface area contributed by atoms with Crippen molar-refractivity contribution >= 4 is 28.6 Å². The zero-order valence-electron chi connectivity index (χ0n) is 22.8. The van der Waals surface area contributed by atoms with E-state index in [-0.39, 0.29) is 29.3 Å². The van der Waals surface area contributed by atoms with E-state index in [0.717, 1.165) is 0 Å². The van der Waals surface area contributed by atoms with E-state index in [0.29, 0.717) is 58.2 Å². The summed E-state index contributed by atoms with van der Waals surface area (Å²) in [6.45, 7) is 7.21. The standard InChI is InChI=1S/C31H30N2O8/c1-4-39-23-11-6-5-9-19(23)25(34)17-8-7-10-22-20(12-17)21-13-18(15-32-14-16(2)3)28-29(24(21)33-22)41-31(38)27(36)26(35)30(37)40-28/h5-13,16,26-27,32,35-36H,4,14-15H2,1-3H3. The van der Waals surface area contributed by atoms with Crippen molar-refractivity contribution in [2.24, 2.45) is 5.92 Å². The van der Waals surface area contributed by atoms with Crippen molar-refractivity contribution in [2.75, 3.05) is 13.2 Å².